The Hall–Kier alpha value is -0.590. The van der Waals surface area contributed by atoms with E-state index in [0.29, 0.717) is 23.2 Å². The summed E-state index contributed by atoms with van der Waals surface area (Å²) in [4.78, 5) is 14.2. The molecule has 0 radical (unpaired) electrons. The van der Waals surface area contributed by atoms with Crippen LogP contribution in [-0.2, 0) is 11.2 Å². The van der Waals surface area contributed by atoms with Crippen LogP contribution in [0.25, 0.3) is 0 Å². The molecule has 1 saturated heterocycles. The van der Waals surface area contributed by atoms with Crippen LogP contribution in [0.2, 0.25) is 0 Å². The number of benzene rings is 1. The van der Waals surface area contributed by atoms with E-state index in [1.54, 1.807) is 12.0 Å². The molecule has 1 amide bonds. The maximum absolute atomic E-state index is 12.4. The molecule has 21 heavy (non-hydrogen) atoms. The number of hydrogen-bond acceptors (Lipinski definition) is 4. The molecule has 1 heterocycles. The number of ether oxygens (including phenoxy) is 1. The van der Waals surface area contributed by atoms with Gasteiger partial charge in [-0.2, -0.15) is 0 Å². The molecule has 0 saturated carbocycles. The largest absolute Gasteiger partial charge is 0.496 e. The Bertz CT molecular complexity index is 563. The third-order valence-electron chi connectivity index (χ3n) is 3.19. The molecule has 0 N–H and O–H groups in total. The summed E-state index contributed by atoms with van der Waals surface area (Å²) in [7, 11) is 1.64. The van der Waals surface area contributed by atoms with E-state index in [1.807, 2.05) is 18.2 Å². The van der Waals surface area contributed by atoms with Crippen molar-refractivity contribution in [2.45, 2.75) is 25.5 Å². The minimum Gasteiger partial charge on any atom is -0.496 e. The van der Waals surface area contributed by atoms with Gasteiger partial charge in [-0.05, 0) is 46.0 Å². The Morgan fingerprint density at radius 3 is 2.76 bits per heavy atom. The van der Waals surface area contributed by atoms with Gasteiger partial charge < -0.3 is 4.74 Å². The highest BCUT2D eigenvalue weighted by molar-refractivity contribution is 9.10. The van der Waals surface area contributed by atoms with E-state index in [1.165, 1.54) is 11.8 Å². The summed E-state index contributed by atoms with van der Waals surface area (Å²) in [6, 6.07) is 5.90. The topological polar surface area (TPSA) is 29.5 Å². The van der Waals surface area contributed by atoms with Crippen LogP contribution in [0, 0.1) is 5.92 Å². The number of carbonyl (C=O) groups is 1. The molecule has 1 atom stereocenters. The minimum atomic E-state index is -0.114. The molecule has 1 aliphatic rings. The number of thioether (sulfide) groups is 1. The molecule has 0 bridgehead atoms. The number of amides is 1. The van der Waals surface area contributed by atoms with E-state index in [0.717, 1.165) is 15.8 Å². The quantitative estimate of drug-likeness (QED) is 0.716. The van der Waals surface area contributed by atoms with Crippen molar-refractivity contribution in [3.63, 3.8) is 0 Å². The number of carbonyl (C=O) groups excluding carboxylic acids is 1. The fourth-order valence-electron chi connectivity index (χ4n) is 2.21. The molecule has 0 aromatic heterocycles. The van der Waals surface area contributed by atoms with Crippen LogP contribution in [0.1, 0.15) is 19.4 Å². The molecular weight excluding hydrogens is 370 g/mol. The zero-order chi connectivity index (χ0) is 15.6. The second kappa shape index (κ2) is 7.11. The summed E-state index contributed by atoms with van der Waals surface area (Å²) in [6.07, 6.45) is 0.681. The summed E-state index contributed by atoms with van der Waals surface area (Å²) >= 11 is 10.3. The van der Waals surface area contributed by atoms with Crippen LogP contribution in [0.4, 0.5) is 0 Å². The first-order chi connectivity index (χ1) is 9.92. The van der Waals surface area contributed by atoms with E-state index < -0.39 is 0 Å². The number of nitrogens with zero attached hydrogens (tertiary/aromatic N) is 1. The van der Waals surface area contributed by atoms with Gasteiger partial charge in [0.15, 0.2) is 0 Å². The third kappa shape index (κ3) is 3.99. The Labute approximate surface area is 143 Å². The van der Waals surface area contributed by atoms with Crippen molar-refractivity contribution in [1.29, 1.82) is 0 Å². The van der Waals surface area contributed by atoms with Crippen LogP contribution in [0.5, 0.6) is 5.75 Å². The highest BCUT2D eigenvalue weighted by Crippen LogP contribution is 2.32. The Morgan fingerprint density at radius 2 is 2.19 bits per heavy atom. The maximum atomic E-state index is 12.4. The first-order valence-corrected chi connectivity index (χ1v) is 8.85. The van der Waals surface area contributed by atoms with E-state index in [4.69, 9.17) is 17.0 Å². The van der Waals surface area contributed by atoms with Crippen LogP contribution in [0.15, 0.2) is 22.7 Å². The van der Waals surface area contributed by atoms with Gasteiger partial charge in [0.05, 0.1) is 16.8 Å². The Balaban J connectivity index is 2.08. The van der Waals surface area contributed by atoms with Gasteiger partial charge >= 0.3 is 0 Å². The number of methoxy groups -OCH3 is 1. The standard InChI is InChI=1S/C15H18BrNO2S2/c1-9(2)8-17-14(18)13(21-15(17)20)7-10-4-5-12(19-3)11(16)6-10/h4-6,9,13H,7-8H2,1-3H3/t13-/m1/s1. The number of thiocarbonyl (C=S) groups is 1. The van der Waals surface area contributed by atoms with Gasteiger partial charge in [-0.3, -0.25) is 9.69 Å². The second-order valence-corrected chi connectivity index (χ2v) is 8.08. The molecule has 1 aromatic carbocycles. The van der Waals surface area contributed by atoms with Crippen molar-refractivity contribution in [3.05, 3.63) is 28.2 Å². The van der Waals surface area contributed by atoms with Gasteiger partial charge in [-0.15, -0.1) is 0 Å². The van der Waals surface area contributed by atoms with Crippen molar-refractivity contribution in [2.24, 2.45) is 5.92 Å². The van der Waals surface area contributed by atoms with Gasteiger partial charge in [-0.1, -0.05) is 43.9 Å². The SMILES string of the molecule is COc1ccc(C[C@H]2SC(=S)N(CC(C)C)C2=O)cc1Br. The second-order valence-electron chi connectivity index (χ2n) is 5.39. The maximum Gasteiger partial charge on any atom is 0.241 e. The summed E-state index contributed by atoms with van der Waals surface area (Å²) < 4.78 is 6.82. The lowest BCUT2D eigenvalue weighted by Gasteiger charge is -2.17. The van der Waals surface area contributed by atoms with Gasteiger partial charge in [0.25, 0.3) is 0 Å². The summed E-state index contributed by atoms with van der Waals surface area (Å²) in [6.45, 7) is 4.89. The first kappa shape index (κ1) is 16.8. The molecule has 2 rings (SSSR count). The fourth-order valence-corrected chi connectivity index (χ4v) is 4.35. The van der Waals surface area contributed by atoms with Gasteiger partial charge in [-0.25, -0.2) is 0 Å². The average molecular weight is 388 g/mol. The smallest absolute Gasteiger partial charge is 0.241 e. The predicted octanol–water partition coefficient (Wildman–Crippen LogP) is 3.89. The predicted molar refractivity (Wildman–Crippen MR) is 94.9 cm³/mol. The normalized spacial score (nSPS) is 18.7. The molecule has 3 nitrogen and oxygen atoms in total. The van der Waals surface area contributed by atoms with E-state index in [2.05, 4.69) is 29.8 Å². The van der Waals surface area contributed by atoms with Crippen LogP contribution in [-0.4, -0.2) is 34.0 Å². The zero-order valence-electron chi connectivity index (χ0n) is 12.3. The molecule has 0 spiro atoms. The monoisotopic (exact) mass is 387 g/mol. The molecule has 1 fully saturated rings. The fraction of sp³-hybridized carbons (Fsp3) is 0.467. The molecular formula is C15H18BrNO2S2. The van der Waals surface area contributed by atoms with Crippen molar-refractivity contribution < 1.29 is 9.53 Å². The lowest BCUT2D eigenvalue weighted by Crippen LogP contribution is -2.34. The highest BCUT2D eigenvalue weighted by atomic mass is 79.9. The van der Waals surface area contributed by atoms with Gasteiger partial charge in [0.1, 0.15) is 10.1 Å². The Kier molecular flexibility index (Phi) is 5.68. The molecule has 1 aliphatic heterocycles. The van der Waals surface area contributed by atoms with Crippen molar-refractivity contribution >= 4 is 50.1 Å². The molecule has 1 aromatic rings. The average Bonchev–Trinajstić information content (AvgIpc) is 2.66. The zero-order valence-corrected chi connectivity index (χ0v) is 15.5. The third-order valence-corrected chi connectivity index (χ3v) is 5.39. The Morgan fingerprint density at radius 1 is 1.48 bits per heavy atom. The molecule has 6 heteroatoms. The number of rotatable bonds is 5. The minimum absolute atomic E-state index is 0.114. The summed E-state index contributed by atoms with van der Waals surface area (Å²) in [5.74, 6) is 1.34. The highest BCUT2D eigenvalue weighted by Gasteiger charge is 2.36. The van der Waals surface area contributed by atoms with E-state index in [9.17, 15) is 4.79 Å². The van der Waals surface area contributed by atoms with Crippen molar-refractivity contribution in [3.8, 4) is 5.75 Å². The first-order valence-electron chi connectivity index (χ1n) is 6.76. The summed E-state index contributed by atoms with van der Waals surface area (Å²) in [5, 5.41) is -0.114. The van der Waals surface area contributed by atoms with E-state index in [-0.39, 0.29) is 11.2 Å². The van der Waals surface area contributed by atoms with Crippen LogP contribution < -0.4 is 4.74 Å². The summed E-state index contributed by atoms with van der Waals surface area (Å²) in [5.41, 5.74) is 1.10. The number of halogens is 1. The van der Waals surface area contributed by atoms with Crippen LogP contribution in [0.3, 0.4) is 0 Å². The lowest BCUT2D eigenvalue weighted by atomic mass is 10.1. The molecule has 114 valence electrons. The van der Waals surface area contributed by atoms with Crippen LogP contribution >= 0.6 is 39.9 Å². The molecule has 0 unspecified atom stereocenters. The molecule has 0 aliphatic carbocycles. The van der Waals surface area contributed by atoms with Gasteiger partial charge in [0, 0.05) is 6.54 Å². The van der Waals surface area contributed by atoms with Crippen molar-refractivity contribution in [1.82, 2.24) is 4.90 Å². The van der Waals surface area contributed by atoms with Gasteiger partial charge in [0.2, 0.25) is 5.91 Å². The van der Waals surface area contributed by atoms with E-state index >= 15 is 0 Å². The lowest BCUT2D eigenvalue weighted by molar-refractivity contribution is -0.126. The van der Waals surface area contributed by atoms with Crippen molar-refractivity contribution in [2.75, 3.05) is 13.7 Å². The number of hydrogen-bond donors (Lipinski definition) is 0.